The maximum Gasteiger partial charge on any atom is 0.251 e. The van der Waals surface area contributed by atoms with Crippen LogP contribution < -0.4 is 5.32 Å². The van der Waals surface area contributed by atoms with Gasteiger partial charge in [0.05, 0.1) is 12.1 Å². The Morgan fingerprint density at radius 3 is 2.95 bits per heavy atom. The Morgan fingerprint density at radius 2 is 2.15 bits per heavy atom. The molecule has 110 valence electrons. The molecule has 2 N–H and O–H groups in total. The number of benzene rings is 1. The van der Waals surface area contributed by atoms with Crippen molar-refractivity contribution in [3.8, 4) is 0 Å². The van der Waals surface area contributed by atoms with Crippen molar-refractivity contribution in [2.45, 2.75) is 50.0 Å². The van der Waals surface area contributed by atoms with E-state index in [1.807, 2.05) is 24.3 Å². The van der Waals surface area contributed by atoms with Gasteiger partial charge < -0.3 is 10.4 Å². The lowest BCUT2D eigenvalue weighted by Crippen LogP contribution is -2.42. The second-order valence-corrected chi connectivity index (χ2v) is 6.28. The van der Waals surface area contributed by atoms with Crippen LogP contribution in [0.1, 0.15) is 48.0 Å². The van der Waals surface area contributed by atoms with Crippen molar-refractivity contribution in [2.75, 3.05) is 6.26 Å². The first kappa shape index (κ1) is 15.4. The van der Waals surface area contributed by atoms with Gasteiger partial charge in [-0.3, -0.25) is 4.79 Å². The molecule has 2 rings (SSSR count). The number of hydrogen-bond donors (Lipinski definition) is 2. The summed E-state index contributed by atoms with van der Waals surface area (Å²) in [4.78, 5) is 12.3. The van der Waals surface area contributed by atoms with Gasteiger partial charge in [0.1, 0.15) is 0 Å². The molecule has 1 aliphatic carbocycles. The van der Waals surface area contributed by atoms with Gasteiger partial charge in [-0.1, -0.05) is 31.4 Å². The molecule has 1 aromatic carbocycles. The minimum absolute atomic E-state index is 0.0705. The summed E-state index contributed by atoms with van der Waals surface area (Å²) in [5, 5.41) is 13.1. The summed E-state index contributed by atoms with van der Waals surface area (Å²) in [6, 6.07) is 7.63. The lowest BCUT2D eigenvalue weighted by atomic mass is 10.0. The quantitative estimate of drug-likeness (QED) is 0.839. The molecule has 0 radical (unpaired) electrons. The van der Waals surface area contributed by atoms with Gasteiger partial charge in [0, 0.05) is 11.3 Å². The minimum Gasteiger partial charge on any atom is -0.391 e. The zero-order valence-corrected chi connectivity index (χ0v) is 12.8. The third-order valence-corrected chi connectivity index (χ3v) is 4.42. The van der Waals surface area contributed by atoms with Gasteiger partial charge in [-0.25, -0.2) is 0 Å². The van der Waals surface area contributed by atoms with Gasteiger partial charge in [-0.15, -0.1) is 0 Å². The number of aliphatic hydroxyl groups excluding tert-OH is 1. The van der Waals surface area contributed by atoms with E-state index >= 15 is 0 Å². The highest BCUT2D eigenvalue weighted by atomic mass is 32.2. The Hall–Kier alpha value is -1.00. The first-order chi connectivity index (χ1) is 9.70. The van der Waals surface area contributed by atoms with Gasteiger partial charge >= 0.3 is 0 Å². The van der Waals surface area contributed by atoms with E-state index in [2.05, 4.69) is 11.6 Å². The van der Waals surface area contributed by atoms with Crippen molar-refractivity contribution in [3.05, 3.63) is 35.4 Å². The van der Waals surface area contributed by atoms with E-state index in [-0.39, 0.29) is 11.9 Å². The first-order valence-electron chi connectivity index (χ1n) is 7.27. The van der Waals surface area contributed by atoms with E-state index < -0.39 is 6.10 Å². The average Bonchev–Trinajstić information content (AvgIpc) is 2.65. The fourth-order valence-electron chi connectivity index (χ4n) is 2.68. The van der Waals surface area contributed by atoms with E-state index in [0.717, 1.165) is 43.4 Å². The maximum absolute atomic E-state index is 12.3. The lowest BCUT2D eigenvalue weighted by Gasteiger charge is -2.21. The number of thioether (sulfide) groups is 1. The molecule has 1 amide bonds. The third-order valence-electron chi connectivity index (χ3n) is 3.80. The average molecular weight is 293 g/mol. The Balaban J connectivity index is 2.01. The first-order valence-corrected chi connectivity index (χ1v) is 8.67. The van der Waals surface area contributed by atoms with Crippen LogP contribution >= 0.6 is 11.8 Å². The van der Waals surface area contributed by atoms with Crippen LogP contribution in [0, 0.1) is 0 Å². The van der Waals surface area contributed by atoms with E-state index in [9.17, 15) is 9.90 Å². The normalized spacial score (nSPS) is 23.1. The van der Waals surface area contributed by atoms with Gasteiger partial charge in [0.25, 0.3) is 5.91 Å². The smallest absolute Gasteiger partial charge is 0.251 e. The van der Waals surface area contributed by atoms with Crippen molar-refractivity contribution in [2.24, 2.45) is 0 Å². The monoisotopic (exact) mass is 293 g/mol. The Labute approximate surface area is 125 Å². The van der Waals surface area contributed by atoms with E-state index in [1.54, 1.807) is 11.8 Å². The summed E-state index contributed by atoms with van der Waals surface area (Å²) < 4.78 is 0. The standard InChI is InChI=1S/C16H23NO2S/c1-20-11-12-6-5-7-13(10-12)16(19)17-14-8-3-2-4-9-15(14)18/h5-7,10,14-15,18H,2-4,8-9,11H2,1H3,(H,17,19). The second kappa shape index (κ2) is 7.70. The molecular weight excluding hydrogens is 270 g/mol. The molecule has 4 heteroatoms. The summed E-state index contributed by atoms with van der Waals surface area (Å²) in [5.41, 5.74) is 1.85. The summed E-state index contributed by atoms with van der Waals surface area (Å²) >= 11 is 1.74. The van der Waals surface area contributed by atoms with Gasteiger partial charge in [-0.2, -0.15) is 11.8 Å². The molecule has 1 aromatic rings. The zero-order chi connectivity index (χ0) is 14.4. The zero-order valence-electron chi connectivity index (χ0n) is 12.0. The van der Waals surface area contributed by atoms with Crippen LogP contribution in [0.25, 0.3) is 0 Å². The molecule has 0 saturated heterocycles. The van der Waals surface area contributed by atoms with Crippen molar-refractivity contribution in [3.63, 3.8) is 0 Å². The molecule has 1 saturated carbocycles. The molecule has 0 aliphatic heterocycles. The van der Waals surface area contributed by atoms with Crippen LogP contribution in [-0.4, -0.2) is 29.4 Å². The molecule has 3 nitrogen and oxygen atoms in total. The Morgan fingerprint density at radius 1 is 1.35 bits per heavy atom. The minimum atomic E-state index is -0.407. The maximum atomic E-state index is 12.3. The SMILES string of the molecule is CSCc1cccc(C(=O)NC2CCCCCC2O)c1. The topological polar surface area (TPSA) is 49.3 Å². The fourth-order valence-corrected chi connectivity index (χ4v) is 3.19. The number of rotatable bonds is 4. The summed E-state index contributed by atoms with van der Waals surface area (Å²) in [6.45, 7) is 0. The number of carbonyl (C=O) groups excluding carboxylic acids is 1. The third kappa shape index (κ3) is 4.25. The van der Waals surface area contributed by atoms with Crippen molar-refractivity contribution in [1.82, 2.24) is 5.32 Å². The highest BCUT2D eigenvalue weighted by Gasteiger charge is 2.23. The molecule has 1 aliphatic rings. The van der Waals surface area contributed by atoms with Gasteiger partial charge in [0.15, 0.2) is 0 Å². The molecule has 0 bridgehead atoms. The number of nitrogens with one attached hydrogen (secondary N) is 1. The molecule has 0 spiro atoms. The number of aliphatic hydroxyl groups is 1. The molecule has 0 aromatic heterocycles. The van der Waals surface area contributed by atoms with E-state index in [4.69, 9.17) is 0 Å². The molecule has 20 heavy (non-hydrogen) atoms. The molecule has 1 fully saturated rings. The van der Waals surface area contributed by atoms with Crippen LogP contribution in [0.15, 0.2) is 24.3 Å². The van der Waals surface area contributed by atoms with Crippen molar-refractivity contribution in [1.29, 1.82) is 0 Å². The molecular formula is C16H23NO2S. The molecule has 2 unspecified atom stereocenters. The Kier molecular flexibility index (Phi) is 5.92. The van der Waals surface area contributed by atoms with Crippen LogP contribution in [0.5, 0.6) is 0 Å². The molecule has 0 heterocycles. The summed E-state index contributed by atoms with van der Waals surface area (Å²) in [7, 11) is 0. The predicted molar refractivity (Wildman–Crippen MR) is 84.0 cm³/mol. The summed E-state index contributed by atoms with van der Waals surface area (Å²) in [6.07, 6.45) is 6.58. The molecule has 2 atom stereocenters. The number of carbonyl (C=O) groups is 1. The van der Waals surface area contributed by atoms with E-state index in [1.165, 1.54) is 0 Å². The predicted octanol–water partition coefficient (Wildman–Crippen LogP) is 2.97. The summed E-state index contributed by atoms with van der Waals surface area (Å²) in [5.74, 6) is 0.839. The van der Waals surface area contributed by atoms with Crippen LogP contribution in [-0.2, 0) is 5.75 Å². The highest BCUT2D eigenvalue weighted by Crippen LogP contribution is 2.19. The van der Waals surface area contributed by atoms with Crippen LogP contribution in [0.2, 0.25) is 0 Å². The number of amides is 1. The van der Waals surface area contributed by atoms with Crippen molar-refractivity contribution >= 4 is 17.7 Å². The van der Waals surface area contributed by atoms with Gasteiger partial charge in [0.2, 0.25) is 0 Å². The highest BCUT2D eigenvalue weighted by molar-refractivity contribution is 7.97. The number of hydrogen-bond acceptors (Lipinski definition) is 3. The van der Waals surface area contributed by atoms with E-state index in [0.29, 0.717) is 5.56 Å². The second-order valence-electron chi connectivity index (χ2n) is 5.42. The lowest BCUT2D eigenvalue weighted by molar-refractivity contribution is 0.0818. The Bertz CT molecular complexity index is 450. The van der Waals surface area contributed by atoms with Crippen LogP contribution in [0.3, 0.4) is 0 Å². The fraction of sp³-hybridized carbons (Fsp3) is 0.562. The van der Waals surface area contributed by atoms with Crippen molar-refractivity contribution < 1.29 is 9.90 Å². The largest absolute Gasteiger partial charge is 0.391 e. The van der Waals surface area contributed by atoms with Gasteiger partial charge in [-0.05, 0) is 36.8 Å². The van der Waals surface area contributed by atoms with Crippen LogP contribution in [0.4, 0.5) is 0 Å².